The van der Waals surface area contributed by atoms with Gasteiger partial charge in [-0.15, -0.1) is 0 Å². The Morgan fingerprint density at radius 2 is 1.90 bits per heavy atom. The van der Waals surface area contributed by atoms with Crippen LogP contribution >= 0.6 is 0 Å². The summed E-state index contributed by atoms with van der Waals surface area (Å²) in [5, 5.41) is 3.44. The first kappa shape index (κ1) is 15.4. The summed E-state index contributed by atoms with van der Waals surface area (Å²) in [6, 6.07) is 12.4. The van der Waals surface area contributed by atoms with Crippen LogP contribution in [0.3, 0.4) is 0 Å². The predicted octanol–water partition coefficient (Wildman–Crippen LogP) is 3.06. The minimum absolute atomic E-state index is 0.712. The van der Waals surface area contributed by atoms with Crippen LogP contribution in [0.2, 0.25) is 0 Å². The van der Waals surface area contributed by atoms with E-state index in [4.69, 9.17) is 4.74 Å². The van der Waals surface area contributed by atoms with Gasteiger partial charge in [-0.1, -0.05) is 0 Å². The smallest absolute Gasteiger partial charge is 0.119 e. The lowest BCUT2D eigenvalue weighted by Gasteiger charge is -2.12. The van der Waals surface area contributed by atoms with Gasteiger partial charge in [-0.25, -0.2) is 0 Å². The topological polar surface area (TPSA) is 29.4 Å². The molecular formula is C17H25N3O. The molecule has 0 fully saturated rings. The zero-order chi connectivity index (χ0) is 15.1. The number of aryl methyl sites for hydroxylation is 1. The van der Waals surface area contributed by atoms with Gasteiger partial charge in [0.2, 0.25) is 0 Å². The minimum atomic E-state index is 0.712. The molecule has 0 radical (unpaired) electrons. The Labute approximate surface area is 127 Å². The van der Waals surface area contributed by atoms with Gasteiger partial charge in [0.25, 0.3) is 0 Å². The van der Waals surface area contributed by atoms with Gasteiger partial charge in [0.15, 0.2) is 0 Å². The number of nitrogens with zero attached hydrogens (tertiary/aromatic N) is 2. The third-order valence-electron chi connectivity index (χ3n) is 3.40. The molecule has 0 aliphatic carbocycles. The fourth-order valence-corrected chi connectivity index (χ4v) is 2.13. The van der Waals surface area contributed by atoms with Crippen LogP contribution in [0.25, 0.3) is 0 Å². The number of ether oxygens (including phenoxy) is 1. The van der Waals surface area contributed by atoms with E-state index >= 15 is 0 Å². The molecule has 1 heterocycles. The molecule has 0 bridgehead atoms. The average Bonchev–Trinajstić information content (AvgIpc) is 2.93. The highest BCUT2D eigenvalue weighted by Gasteiger charge is 2.00. The molecule has 21 heavy (non-hydrogen) atoms. The van der Waals surface area contributed by atoms with Crippen LogP contribution in [-0.2, 0) is 13.1 Å². The first-order valence-corrected chi connectivity index (χ1v) is 7.44. The number of hydrogen-bond acceptors (Lipinski definition) is 3. The molecular weight excluding hydrogens is 262 g/mol. The molecule has 0 aliphatic heterocycles. The summed E-state index contributed by atoms with van der Waals surface area (Å²) in [6.45, 7) is 5.63. The molecule has 1 aromatic heterocycles. The van der Waals surface area contributed by atoms with E-state index in [1.54, 1.807) is 0 Å². The molecule has 0 spiro atoms. The summed E-state index contributed by atoms with van der Waals surface area (Å²) in [5.74, 6) is 0.916. The van der Waals surface area contributed by atoms with Gasteiger partial charge in [0, 0.05) is 30.7 Å². The van der Waals surface area contributed by atoms with Crippen LogP contribution in [0.15, 0.2) is 42.6 Å². The van der Waals surface area contributed by atoms with Gasteiger partial charge in [-0.05, 0) is 57.4 Å². The van der Waals surface area contributed by atoms with Gasteiger partial charge >= 0.3 is 0 Å². The summed E-state index contributed by atoms with van der Waals surface area (Å²) in [6.07, 6.45) is 2.11. The van der Waals surface area contributed by atoms with E-state index in [2.05, 4.69) is 52.2 Å². The van der Waals surface area contributed by atoms with Crippen molar-refractivity contribution in [2.24, 2.45) is 0 Å². The van der Waals surface area contributed by atoms with Crippen molar-refractivity contribution < 1.29 is 4.74 Å². The highest BCUT2D eigenvalue weighted by Crippen LogP contribution is 2.16. The number of nitrogens with one attached hydrogen (secondary N) is 1. The van der Waals surface area contributed by atoms with Gasteiger partial charge in [0.1, 0.15) is 12.4 Å². The number of likely N-dealkylation sites (N-methyl/N-ethyl adjacent to an activating group) is 1. The molecule has 0 aliphatic rings. The maximum absolute atomic E-state index is 5.69. The molecule has 4 heteroatoms. The van der Waals surface area contributed by atoms with Crippen molar-refractivity contribution in [1.82, 2.24) is 9.47 Å². The molecule has 0 saturated carbocycles. The van der Waals surface area contributed by atoms with Gasteiger partial charge in [0.05, 0.1) is 6.54 Å². The Kier molecular flexibility index (Phi) is 5.69. The first-order chi connectivity index (χ1) is 10.2. The molecule has 114 valence electrons. The molecule has 2 rings (SSSR count). The standard InChI is InChI=1S/C17H25N3O/c1-4-20-11-5-6-16(20)14-18-15-7-9-17(10-8-15)21-13-12-19(2)3/h5-11,18H,4,12-14H2,1-3H3. The van der Waals surface area contributed by atoms with Crippen LogP contribution in [0, 0.1) is 0 Å². The van der Waals surface area contributed by atoms with Crippen molar-refractivity contribution in [3.63, 3.8) is 0 Å². The van der Waals surface area contributed by atoms with Crippen LogP contribution in [0.1, 0.15) is 12.6 Å². The quantitative estimate of drug-likeness (QED) is 0.809. The largest absolute Gasteiger partial charge is 0.492 e. The van der Waals surface area contributed by atoms with Crippen molar-refractivity contribution in [1.29, 1.82) is 0 Å². The molecule has 0 unspecified atom stereocenters. The number of anilines is 1. The summed E-state index contributed by atoms with van der Waals surface area (Å²) in [5.41, 5.74) is 2.41. The van der Waals surface area contributed by atoms with Gasteiger partial charge < -0.3 is 19.5 Å². The van der Waals surface area contributed by atoms with Crippen molar-refractivity contribution in [3.05, 3.63) is 48.3 Å². The lowest BCUT2D eigenvalue weighted by Crippen LogP contribution is -2.19. The maximum atomic E-state index is 5.69. The second-order valence-corrected chi connectivity index (χ2v) is 5.32. The third-order valence-corrected chi connectivity index (χ3v) is 3.40. The summed E-state index contributed by atoms with van der Waals surface area (Å²) < 4.78 is 7.93. The molecule has 2 aromatic rings. The Bertz CT molecular complexity index is 531. The van der Waals surface area contributed by atoms with Crippen LogP contribution < -0.4 is 10.1 Å². The normalized spacial score (nSPS) is 10.9. The number of benzene rings is 1. The Balaban J connectivity index is 1.82. The van der Waals surface area contributed by atoms with E-state index in [0.29, 0.717) is 6.61 Å². The Morgan fingerprint density at radius 1 is 1.14 bits per heavy atom. The molecule has 0 saturated heterocycles. The zero-order valence-electron chi connectivity index (χ0n) is 13.2. The van der Waals surface area contributed by atoms with E-state index in [1.807, 2.05) is 26.2 Å². The summed E-state index contributed by atoms with van der Waals surface area (Å²) >= 11 is 0. The van der Waals surface area contributed by atoms with Crippen molar-refractivity contribution in [3.8, 4) is 5.75 Å². The SMILES string of the molecule is CCn1cccc1CNc1ccc(OCCN(C)C)cc1. The van der Waals surface area contributed by atoms with E-state index in [-0.39, 0.29) is 0 Å². The summed E-state index contributed by atoms with van der Waals surface area (Å²) in [7, 11) is 4.09. The monoisotopic (exact) mass is 287 g/mol. The minimum Gasteiger partial charge on any atom is -0.492 e. The molecule has 1 N–H and O–H groups in total. The van der Waals surface area contributed by atoms with Gasteiger partial charge in [-0.3, -0.25) is 0 Å². The van der Waals surface area contributed by atoms with Crippen molar-refractivity contribution in [2.45, 2.75) is 20.0 Å². The third kappa shape index (κ3) is 4.83. The second kappa shape index (κ2) is 7.74. The van der Waals surface area contributed by atoms with E-state index in [9.17, 15) is 0 Å². The molecule has 0 atom stereocenters. The van der Waals surface area contributed by atoms with Crippen LogP contribution in [-0.4, -0.2) is 36.7 Å². The fraction of sp³-hybridized carbons (Fsp3) is 0.412. The molecule has 4 nitrogen and oxygen atoms in total. The lowest BCUT2D eigenvalue weighted by molar-refractivity contribution is 0.261. The van der Waals surface area contributed by atoms with Crippen molar-refractivity contribution in [2.75, 3.05) is 32.6 Å². The Hall–Kier alpha value is -1.94. The molecule has 1 aromatic carbocycles. The zero-order valence-corrected chi connectivity index (χ0v) is 13.2. The van der Waals surface area contributed by atoms with Crippen LogP contribution in [0.4, 0.5) is 5.69 Å². The number of hydrogen-bond donors (Lipinski definition) is 1. The van der Waals surface area contributed by atoms with Crippen molar-refractivity contribution >= 4 is 5.69 Å². The van der Waals surface area contributed by atoms with Crippen LogP contribution in [0.5, 0.6) is 5.75 Å². The number of aromatic nitrogens is 1. The maximum Gasteiger partial charge on any atom is 0.119 e. The van der Waals surface area contributed by atoms with E-state index in [1.165, 1.54) is 5.69 Å². The lowest BCUT2D eigenvalue weighted by atomic mass is 10.3. The Morgan fingerprint density at radius 3 is 2.57 bits per heavy atom. The fourth-order valence-electron chi connectivity index (χ4n) is 2.13. The summed E-state index contributed by atoms with van der Waals surface area (Å²) in [4.78, 5) is 2.11. The highest BCUT2D eigenvalue weighted by atomic mass is 16.5. The number of rotatable bonds is 8. The van der Waals surface area contributed by atoms with Gasteiger partial charge in [-0.2, -0.15) is 0 Å². The van der Waals surface area contributed by atoms with E-state index < -0.39 is 0 Å². The molecule has 0 amide bonds. The predicted molar refractivity (Wildman–Crippen MR) is 87.9 cm³/mol. The van der Waals surface area contributed by atoms with E-state index in [0.717, 1.165) is 31.1 Å². The average molecular weight is 287 g/mol. The first-order valence-electron chi connectivity index (χ1n) is 7.44. The highest BCUT2D eigenvalue weighted by molar-refractivity contribution is 5.46. The second-order valence-electron chi connectivity index (χ2n) is 5.32.